The van der Waals surface area contributed by atoms with Crippen molar-refractivity contribution >= 4 is 56.6 Å². The Labute approximate surface area is 357 Å². The number of nitrogens with one attached hydrogen (secondary N) is 4. The van der Waals surface area contributed by atoms with Crippen LogP contribution in [0.1, 0.15) is 74.9 Å². The first-order valence-corrected chi connectivity index (χ1v) is 21.1. The van der Waals surface area contributed by atoms with Crippen LogP contribution in [0.4, 0.5) is 9.59 Å². The zero-order chi connectivity index (χ0) is 43.1. The number of hydrogen-bond acceptors (Lipinski definition) is 7. The predicted molar refractivity (Wildman–Crippen MR) is 236 cm³/mol. The van der Waals surface area contributed by atoms with Crippen molar-refractivity contribution in [1.82, 2.24) is 40.4 Å². The Hall–Kier alpha value is -7.22. The van der Waals surface area contributed by atoms with Gasteiger partial charge in [0.2, 0.25) is 5.91 Å². The van der Waals surface area contributed by atoms with Gasteiger partial charge in [0.25, 0.3) is 5.91 Å². The number of H-pyrrole nitrogens is 2. The van der Waals surface area contributed by atoms with Crippen molar-refractivity contribution in [3.8, 4) is 22.4 Å². The number of fused-ring (bicyclic) bond motifs is 4. The number of carbonyl (C=O) groups is 4. The Kier molecular flexibility index (Phi) is 10.8. The van der Waals surface area contributed by atoms with Gasteiger partial charge in [-0.2, -0.15) is 0 Å². The molecule has 0 radical (unpaired) electrons. The lowest BCUT2D eigenvalue weighted by molar-refractivity contribution is -0.135. The number of imidazole rings is 2. The fraction of sp³-hybridized carbons (Fsp3) is 0.292. The molecule has 14 heteroatoms. The fourth-order valence-corrected chi connectivity index (χ4v) is 9.13. The summed E-state index contributed by atoms with van der Waals surface area (Å²) in [5, 5.41) is 18.7. The van der Waals surface area contributed by atoms with Gasteiger partial charge in [0.1, 0.15) is 23.7 Å². The van der Waals surface area contributed by atoms with Crippen LogP contribution in [0.2, 0.25) is 0 Å². The lowest BCUT2D eigenvalue weighted by Gasteiger charge is -2.29. The number of alkyl carbamates (subject to hydrolysis) is 1. The summed E-state index contributed by atoms with van der Waals surface area (Å²) >= 11 is 0. The van der Waals surface area contributed by atoms with Crippen molar-refractivity contribution in [1.29, 1.82) is 0 Å². The van der Waals surface area contributed by atoms with Crippen LogP contribution in [0.15, 0.2) is 103 Å². The lowest BCUT2D eigenvalue weighted by Crippen LogP contribution is -2.50. The van der Waals surface area contributed by atoms with E-state index in [-0.39, 0.29) is 29.8 Å². The molecular formula is C48H48N8O6. The van der Waals surface area contributed by atoms with E-state index in [1.807, 2.05) is 55.1 Å². The molecule has 0 unspecified atom stereocenters. The molecule has 2 aromatic heterocycles. The molecule has 4 amide bonds. The van der Waals surface area contributed by atoms with Crippen LogP contribution in [0.3, 0.4) is 0 Å². The molecule has 4 heterocycles. The van der Waals surface area contributed by atoms with E-state index in [2.05, 4.69) is 86.2 Å². The number of hydrogen-bond donors (Lipinski definition) is 5. The Morgan fingerprint density at radius 1 is 0.742 bits per heavy atom. The maximum atomic E-state index is 14.1. The average Bonchev–Trinajstić information content (AvgIpc) is 4.13. The molecule has 0 saturated carbocycles. The minimum atomic E-state index is -1.21. The van der Waals surface area contributed by atoms with Gasteiger partial charge in [-0.15, -0.1) is 0 Å². The van der Waals surface area contributed by atoms with Crippen molar-refractivity contribution in [2.24, 2.45) is 5.92 Å². The number of methoxy groups -OCH3 is 1. The highest BCUT2D eigenvalue weighted by atomic mass is 16.5. The Morgan fingerprint density at radius 2 is 1.37 bits per heavy atom. The van der Waals surface area contributed by atoms with E-state index >= 15 is 0 Å². The molecule has 2 fully saturated rings. The minimum absolute atomic E-state index is 0.192. The van der Waals surface area contributed by atoms with Gasteiger partial charge in [-0.25, -0.2) is 19.6 Å². The van der Waals surface area contributed by atoms with Crippen LogP contribution in [0.25, 0.3) is 55.0 Å². The molecule has 5 N–H and O–H groups in total. The second-order valence-corrected chi connectivity index (χ2v) is 16.5. The monoisotopic (exact) mass is 832 g/mol. The van der Waals surface area contributed by atoms with Gasteiger partial charge < -0.3 is 40.2 Å². The van der Waals surface area contributed by atoms with Gasteiger partial charge in [0, 0.05) is 24.0 Å². The number of carbonyl (C=O) groups excluding carboxylic acids is 3. The molecule has 0 spiro atoms. The standard InChI is InChI=1S/C48H48N8O6/c1-27(2)40(53-47(59)60)45(57)55-21-7-11-38(55)43-49-26-37(51-43)34-16-15-30-23-29(13-14-31(30)25-34)32-17-19-35-33(24-32)18-20-36-42(35)52-44(50-36)39-12-8-22-56(39)46(58)41(54-48(61)62-3)28-9-5-4-6-10-28/h4-6,9-10,13-20,23-27,38-41,53H,7-8,11-12,21-22H2,1-3H3,(H,49,51)(H,50,52)(H,54,61)(H,59,60)/t38-,39-,40-,41+/m0/s1. The van der Waals surface area contributed by atoms with Crippen molar-refractivity contribution in [2.45, 2.75) is 63.7 Å². The third-order valence-corrected chi connectivity index (χ3v) is 12.3. The van der Waals surface area contributed by atoms with Crippen LogP contribution in [-0.4, -0.2) is 85.1 Å². The maximum absolute atomic E-state index is 14.1. The van der Waals surface area contributed by atoms with Gasteiger partial charge in [-0.1, -0.05) is 86.6 Å². The first-order chi connectivity index (χ1) is 30.1. The molecule has 2 aliphatic rings. The van der Waals surface area contributed by atoms with Gasteiger partial charge in [-0.05, 0) is 88.7 Å². The van der Waals surface area contributed by atoms with Gasteiger partial charge in [0.15, 0.2) is 0 Å². The molecule has 0 aliphatic carbocycles. The fourth-order valence-electron chi connectivity index (χ4n) is 9.13. The maximum Gasteiger partial charge on any atom is 0.407 e. The number of likely N-dealkylation sites (tertiary alicyclic amines) is 2. The van der Waals surface area contributed by atoms with Crippen LogP contribution in [0, 0.1) is 5.92 Å². The van der Waals surface area contributed by atoms with Gasteiger partial charge in [-0.3, -0.25) is 9.59 Å². The highest BCUT2D eigenvalue weighted by Crippen LogP contribution is 2.37. The molecule has 62 heavy (non-hydrogen) atoms. The number of ether oxygens (including phenoxy) is 1. The molecule has 4 atom stereocenters. The number of nitrogens with zero attached hydrogens (tertiary/aromatic N) is 4. The van der Waals surface area contributed by atoms with Crippen LogP contribution < -0.4 is 10.6 Å². The summed E-state index contributed by atoms with van der Waals surface area (Å²) in [6.45, 7) is 4.77. The van der Waals surface area contributed by atoms with Crippen LogP contribution >= 0.6 is 0 Å². The van der Waals surface area contributed by atoms with Crippen LogP contribution in [0.5, 0.6) is 0 Å². The first kappa shape index (κ1) is 40.2. The summed E-state index contributed by atoms with van der Waals surface area (Å²) < 4.78 is 4.86. The molecule has 5 aromatic carbocycles. The van der Waals surface area contributed by atoms with E-state index in [1.54, 1.807) is 11.1 Å². The highest BCUT2D eigenvalue weighted by molar-refractivity contribution is 6.06. The molecule has 2 aliphatic heterocycles. The highest BCUT2D eigenvalue weighted by Gasteiger charge is 2.39. The smallest absolute Gasteiger partial charge is 0.407 e. The van der Waals surface area contributed by atoms with Gasteiger partial charge in [0.05, 0.1) is 42.1 Å². The van der Waals surface area contributed by atoms with Crippen molar-refractivity contribution in [3.05, 3.63) is 120 Å². The van der Waals surface area contributed by atoms with Crippen molar-refractivity contribution in [2.75, 3.05) is 20.2 Å². The Bertz CT molecular complexity index is 2830. The number of amides is 4. The molecule has 14 nitrogen and oxygen atoms in total. The first-order valence-electron chi connectivity index (χ1n) is 21.1. The average molecular weight is 833 g/mol. The second kappa shape index (κ2) is 16.7. The zero-order valence-electron chi connectivity index (χ0n) is 34.7. The van der Waals surface area contributed by atoms with E-state index in [0.29, 0.717) is 30.3 Å². The van der Waals surface area contributed by atoms with Gasteiger partial charge >= 0.3 is 12.2 Å². The molecule has 7 aromatic rings. The Morgan fingerprint density at radius 3 is 2.06 bits per heavy atom. The summed E-state index contributed by atoms with van der Waals surface area (Å²) in [6.07, 6.45) is 3.03. The van der Waals surface area contributed by atoms with Crippen LogP contribution in [-0.2, 0) is 14.3 Å². The molecular weight excluding hydrogens is 785 g/mol. The number of benzene rings is 5. The third-order valence-electron chi connectivity index (χ3n) is 12.3. The summed E-state index contributed by atoms with van der Waals surface area (Å²) in [7, 11) is 1.28. The lowest BCUT2D eigenvalue weighted by atomic mass is 9.97. The largest absolute Gasteiger partial charge is 0.465 e. The molecule has 0 bridgehead atoms. The van der Waals surface area contributed by atoms with E-state index in [1.165, 1.54) is 7.11 Å². The molecule has 9 rings (SSSR count). The number of aromatic nitrogens is 4. The predicted octanol–water partition coefficient (Wildman–Crippen LogP) is 8.64. The minimum Gasteiger partial charge on any atom is -0.465 e. The quantitative estimate of drug-likeness (QED) is 0.0906. The second-order valence-electron chi connectivity index (χ2n) is 16.5. The summed E-state index contributed by atoms with van der Waals surface area (Å²) in [5.41, 5.74) is 6.37. The molecule has 316 valence electrons. The summed E-state index contributed by atoms with van der Waals surface area (Å²) in [6, 6.07) is 30.2. The number of rotatable bonds is 10. The number of carboxylic acid groups (broad SMARTS) is 1. The van der Waals surface area contributed by atoms with Crippen molar-refractivity contribution < 1.29 is 29.0 Å². The normalized spacial score (nSPS) is 17.5. The third kappa shape index (κ3) is 7.68. The van der Waals surface area contributed by atoms with Crippen molar-refractivity contribution in [3.63, 3.8) is 0 Å². The molecule has 2 saturated heterocycles. The Balaban J connectivity index is 0.932. The van der Waals surface area contributed by atoms with E-state index in [9.17, 15) is 24.3 Å². The van der Waals surface area contributed by atoms with E-state index < -0.39 is 24.3 Å². The van der Waals surface area contributed by atoms with E-state index in [4.69, 9.17) is 9.72 Å². The topological polar surface area (TPSA) is 186 Å². The number of aromatic amines is 2. The summed E-state index contributed by atoms with van der Waals surface area (Å²) in [4.78, 5) is 71.5. The van der Waals surface area contributed by atoms with E-state index in [0.717, 1.165) is 80.6 Å². The zero-order valence-corrected chi connectivity index (χ0v) is 34.7. The SMILES string of the molecule is COC(=O)N[C@@H](C(=O)N1CCC[C@H]1c1nc2c(ccc3cc(-c4ccc5cc(-c6cnc([C@@H]7CCCN7C(=O)[C@@H](NC(=O)O)C(C)C)[nH]6)ccc5c4)ccc32)[nH]1)c1ccccc1. The summed E-state index contributed by atoms with van der Waals surface area (Å²) in [5.74, 6) is 0.774.